The summed E-state index contributed by atoms with van der Waals surface area (Å²) >= 11 is 0. The highest BCUT2D eigenvalue weighted by Crippen LogP contribution is 2.39. The number of hydrogen-bond acceptors (Lipinski definition) is 5. The van der Waals surface area contributed by atoms with E-state index in [0.717, 1.165) is 0 Å². The number of ether oxygens (including phenoxy) is 2. The van der Waals surface area contributed by atoms with Crippen LogP contribution in [0.3, 0.4) is 0 Å². The van der Waals surface area contributed by atoms with Gasteiger partial charge in [-0.1, -0.05) is 0 Å². The Kier molecular flexibility index (Phi) is 4.27. The van der Waals surface area contributed by atoms with Gasteiger partial charge in [-0.05, 0) is 49.4 Å². The minimum absolute atomic E-state index is 0.0240. The Morgan fingerprint density at radius 1 is 1.13 bits per heavy atom. The van der Waals surface area contributed by atoms with Crippen molar-refractivity contribution in [3.8, 4) is 17.2 Å². The highest BCUT2D eigenvalue weighted by molar-refractivity contribution is 6.08. The number of nitrogens with zero attached hydrogens (tertiary/aromatic N) is 2. The lowest BCUT2D eigenvalue weighted by atomic mass is 9.85. The highest BCUT2D eigenvalue weighted by Gasteiger charge is 2.36. The Balaban J connectivity index is 1.56. The highest BCUT2D eigenvalue weighted by atomic mass is 19.1. The van der Waals surface area contributed by atoms with Crippen LogP contribution in [0.4, 0.5) is 10.2 Å². The van der Waals surface area contributed by atoms with Crippen LogP contribution in [0.2, 0.25) is 0 Å². The van der Waals surface area contributed by atoms with Crippen LogP contribution in [-0.2, 0) is 4.79 Å². The molecule has 2 aliphatic heterocycles. The third kappa shape index (κ3) is 3.01. The number of carbonyl (C=O) groups is 2. The molecule has 1 atom stereocenters. The number of nitrogens with one attached hydrogen (secondary N) is 1. The fourth-order valence-electron chi connectivity index (χ4n) is 3.94. The maximum absolute atomic E-state index is 13.4. The quantitative estimate of drug-likeness (QED) is 0.673. The largest absolute Gasteiger partial charge is 0.486 e. The first-order valence-corrected chi connectivity index (χ1v) is 9.60. The number of Topliss-reactive ketones (excluding diaryl/α,β-unsaturated/α-hetero) is 1. The molecule has 2 aromatic carbocycles. The molecule has 1 aromatic heterocycles. The van der Waals surface area contributed by atoms with Crippen molar-refractivity contribution in [2.24, 2.45) is 0 Å². The van der Waals surface area contributed by atoms with E-state index in [2.05, 4.69) is 10.4 Å². The van der Waals surface area contributed by atoms with Gasteiger partial charge in [0, 0.05) is 17.5 Å². The Morgan fingerprint density at radius 2 is 1.87 bits per heavy atom. The van der Waals surface area contributed by atoms with E-state index in [1.807, 2.05) is 0 Å². The van der Waals surface area contributed by atoms with Crippen LogP contribution < -0.4 is 14.8 Å². The number of hydrogen-bond donors (Lipinski definition) is 1. The van der Waals surface area contributed by atoms with Gasteiger partial charge >= 0.3 is 0 Å². The summed E-state index contributed by atoms with van der Waals surface area (Å²) in [6.07, 6.45) is 0.0240. The molecule has 0 bridgehead atoms. The number of halogens is 1. The third-order valence-corrected chi connectivity index (χ3v) is 5.32. The van der Waals surface area contributed by atoms with Crippen LogP contribution >= 0.6 is 0 Å². The second-order valence-corrected chi connectivity index (χ2v) is 7.26. The first kappa shape index (κ1) is 18.4. The molecule has 1 amide bonds. The minimum Gasteiger partial charge on any atom is -0.486 e. The number of fused-ring (bicyclic) bond motifs is 2. The topological polar surface area (TPSA) is 82.5 Å². The monoisotopic (exact) mass is 407 g/mol. The predicted octanol–water partition coefficient (Wildman–Crippen LogP) is 3.40. The van der Waals surface area contributed by atoms with Gasteiger partial charge in [0.1, 0.15) is 24.8 Å². The Labute approximate surface area is 171 Å². The van der Waals surface area contributed by atoms with Crippen molar-refractivity contribution in [1.29, 1.82) is 0 Å². The van der Waals surface area contributed by atoms with E-state index in [0.29, 0.717) is 53.0 Å². The number of anilines is 1. The van der Waals surface area contributed by atoms with Crippen molar-refractivity contribution in [3.05, 3.63) is 65.1 Å². The van der Waals surface area contributed by atoms with Crippen molar-refractivity contribution < 1.29 is 23.5 Å². The zero-order valence-corrected chi connectivity index (χ0v) is 16.1. The second-order valence-electron chi connectivity index (χ2n) is 7.26. The van der Waals surface area contributed by atoms with E-state index in [4.69, 9.17) is 9.47 Å². The van der Waals surface area contributed by atoms with Gasteiger partial charge in [0.2, 0.25) is 5.91 Å². The summed E-state index contributed by atoms with van der Waals surface area (Å²) in [6, 6.07) is 10.8. The van der Waals surface area contributed by atoms with Gasteiger partial charge in [0.15, 0.2) is 17.3 Å². The van der Waals surface area contributed by atoms with Crippen molar-refractivity contribution in [2.45, 2.75) is 19.3 Å². The molecule has 0 saturated heterocycles. The predicted molar refractivity (Wildman–Crippen MR) is 106 cm³/mol. The summed E-state index contributed by atoms with van der Waals surface area (Å²) in [4.78, 5) is 25.8. The van der Waals surface area contributed by atoms with E-state index >= 15 is 0 Å². The van der Waals surface area contributed by atoms with Gasteiger partial charge in [0.05, 0.1) is 17.3 Å². The smallest absolute Gasteiger partial charge is 0.226 e. The lowest BCUT2D eigenvalue weighted by molar-refractivity contribution is -0.116. The molecule has 0 saturated carbocycles. The molecule has 2 aliphatic rings. The molecule has 1 N–H and O–H groups in total. The lowest BCUT2D eigenvalue weighted by Crippen LogP contribution is -2.28. The van der Waals surface area contributed by atoms with E-state index < -0.39 is 5.92 Å². The number of ketones is 1. The van der Waals surface area contributed by atoms with Crippen molar-refractivity contribution >= 4 is 17.5 Å². The van der Waals surface area contributed by atoms with Gasteiger partial charge in [-0.2, -0.15) is 5.10 Å². The number of amides is 1. The van der Waals surface area contributed by atoms with Crippen LogP contribution in [0.1, 0.15) is 34.0 Å². The zero-order chi connectivity index (χ0) is 20.8. The standard InChI is InChI=1S/C22H18FN3O4/c1-12-20-16(21(28)13-2-7-17-18(10-13)30-9-8-29-17)11-19(27)24-22(20)26(25-12)15-5-3-14(23)4-6-15/h2-7,10,16H,8-9,11H2,1H3,(H,24,27)/t16-/m0/s1. The molecule has 7 nitrogen and oxygen atoms in total. The molecule has 0 spiro atoms. The van der Waals surface area contributed by atoms with Gasteiger partial charge in [-0.25, -0.2) is 9.07 Å². The summed E-state index contributed by atoms with van der Waals surface area (Å²) in [6.45, 7) is 2.68. The van der Waals surface area contributed by atoms with Crippen LogP contribution in [0.15, 0.2) is 42.5 Å². The minimum atomic E-state index is -0.675. The molecule has 8 heteroatoms. The number of benzene rings is 2. The normalized spacial score (nSPS) is 17.3. The van der Waals surface area contributed by atoms with E-state index in [-0.39, 0.29) is 23.9 Å². The van der Waals surface area contributed by atoms with E-state index in [9.17, 15) is 14.0 Å². The van der Waals surface area contributed by atoms with Crippen molar-refractivity contribution in [3.63, 3.8) is 0 Å². The summed E-state index contributed by atoms with van der Waals surface area (Å²) < 4.78 is 26.0. The molecule has 0 unspecified atom stereocenters. The third-order valence-electron chi connectivity index (χ3n) is 5.32. The van der Waals surface area contributed by atoms with E-state index in [1.54, 1.807) is 37.3 Å². The Bertz CT molecular complexity index is 1170. The average Bonchev–Trinajstić information content (AvgIpc) is 3.09. The molecule has 5 rings (SSSR count). The van der Waals surface area contributed by atoms with Crippen molar-refractivity contribution in [2.75, 3.05) is 18.5 Å². The van der Waals surface area contributed by atoms with Crippen molar-refractivity contribution in [1.82, 2.24) is 9.78 Å². The molecular weight excluding hydrogens is 389 g/mol. The summed E-state index contributed by atoms with van der Waals surface area (Å²) in [7, 11) is 0. The maximum Gasteiger partial charge on any atom is 0.226 e. The fourth-order valence-corrected chi connectivity index (χ4v) is 3.94. The molecule has 3 heterocycles. The van der Waals surface area contributed by atoms with Crippen LogP contribution in [-0.4, -0.2) is 34.7 Å². The van der Waals surface area contributed by atoms with Gasteiger partial charge in [-0.3, -0.25) is 9.59 Å². The molecular formula is C22H18FN3O4. The summed E-state index contributed by atoms with van der Waals surface area (Å²) in [5.41, 5.74) is 2.33. The second kappa shape index (κ2) is 6.98. The molecule has 30 heavy (non-hydrogen) atoms. The number of carbonyl (C=O) groups excluding carboxylic acids is 2. The number of aromatic nitrogens is 2. The summed E-state index contributed by atoms with van der Waals surface area (Å²) in [5, 5.41) is 7.33. The van der Waals surface area contributed by atoms with Crippen LogP contribution in [0.5, 0.6) is 11.5 Å². The Morgan fingerprint density at radius 3 is 2.63 bits per heavy atom. The van der Waals surface area contributed by atoms with E-state index in [1.165, 1.54) is 16.8 Å². The SMILES string of the molecule is Cc1nn(-c2ccc(F)cc2)c2c1[C@@H](C(=O)c1ccc3c(c1)OCCO3)CC(=O)N2. The lowest BCUT2D eigenvalue weighted by Gasteiger charge is -2.24. The number of aryl methyl sites for hydroxylation is 1. The molecule has 0 aliphatic carbocycles. The first-order chi connectivity index (χ1) is 14.5. The molecule has 0 radical (unpaired) electrons. The molecule has 3 aromatic rings. The van der Waals surface area contributed by atoms with Gasteiger partial charge < -0.3 is 14.8 Å². The average molecular weight is 407 g/mol. The fraction of sp³-hybridized carbons (Fsp3) is 0.227. The van der Waals surface area contributed by atoms with Gasteiger partial charge in [0.25, 0.3) is 0 Å². The maximum atomic E-state index is 13.4. The Hall–Kier alpha value is -3.68. The first-order valence-electron chi connectivity index (χ1n) is 9.60. The van der Waals surface area contributed by atoms with Crippen LogP contribution in [0.25, 0.3) is 5.69 Å². The molecule has 152 valence electrons. The zero-order valence-electron chi connectivity index (χ0n) is 16.1. The molecule has 0 fully saturated rings. The summed E-state index contributed by atoms with van der Waals surface area (Å²) in [5.74, 6) is 0.0435. The number of rotatable bonds is 3. The van der Waals surface area contributed by atoms with Crippen LogP contribution in [0, 0.1) is 12.7 Å². The van der Waals surface area contributed by atoms with Gasteiger partial charge in [-0.15, -0.1) is 0 Å².